The van der Waals surface area contributed by atoms with Gasteiger partial charge in [0.15, 0.2) is 11.3 Å². The lowest BCUT2D eigenvalue weighted by Gasteiger charge is -2.10. The maximum atomic E-state index is 13.3. The van der Waals surface area contributed by atoms with Gasteiger partial charge in [0.2, 0.25) is 0 Å². The Hall–Kier alpha value is -2.95. The summed E-state index contributed by atoms with van der Waals surface area (Å²) in [4.78, 5) is 16.5. The zero-order valence-corrected chi connectivity index (χ0v) is 15.6. The summed E-state index contributed by atoms with van der Waals surface area (Å²) in [7, 11) is 0. The molecule has 2 aromatic heterocycles. The minimum Gasteiger partial charge on any atom is -0.435 e. The summed E-state index contributed by atoms with van der Waals surface area (Å²) in [5, 5.41) is 5.74. The second-order valence-electron chi connectivity index (χ2n) is 5.99. The number of ether oxygens (including phenoxy) is 1. The van der Waals surface area contributed by atoms with Crippen LogP contribution in [0, 0.1) is 13.8 Å². The van der Waals surface area contributed by atoms with Crippen molar-refractivity contribution in [3.05, 3.63) is 51.9 Å². The number of nitrogens with zero attached hydrogens (tertiary/aromatic N) is 3. The van der Waals surface area contributed by atoms with Gasteiger partial charge in [0, 0.05) is 11.4 Å². The number of hydrogen-bond acceptors (Lipinski definition) is 4. The Morgan fingerprint density at radius 1 is 1.24 bits per heavy atom. The molecule has 1 N–H and O–H groups in total. The molecule has 0 saturated heterocycles. The van der Waals surface area contributed by atoms with Crippen LogP contribution in [-0.4, -0.2) is 27.1 Å². The van der Waals surface area contributed by atoms with Gasteiger partial charge >= 0.3 is 12.8 Å². The molecule has 0 aliphatic heterocycles. The summed E-state index contributed by atoms with van der Waals surface area (Å²) in [5.74, 6) is -1.01. The third-order valence-corrected chi connectivity index (χ3v) is 4.19. The predicted octanol–water partition coefficient (Wildman–Crippen LogP) is 4.87. The maximum absolute atomic E-state index is 13.3. The van der Waals surface area contributed by atoms with Crippen LogP contribution in [0.4, 0.5) is 27.6 Å². The Balaban J connectivity index is 1.97. The molecule has 0 fully saturated rings. The second-order valence-corrected chi connectivity index (χ2v) is 6.37. The van der Waals surface area contributed by atoms with Crippen LogP contribution in [-0.2, 0) is 6.18 Å². The van der Waals surface area contributed by atoms with Gasteiger partial charge in [0.05, 0.1) is 0 Å². The first-order valence-corrected chi connectivity index (χ1v) is 8.35. The average Bonchev–Trinajstić information content (AvgIpc) is 2.92. The highest BCUT2D eigenvalue weighted by molar-refractivity contribution is 6.37. The van der Waals surface area contributed by atoms with Gasteiger partial charge in [0.25, 0.3) is 5.91 Å². The van der Waals surface area contributed by atoms with Crippen molar-refractivity contribution >= 4 is 28.8 Å². The van der Waals surface area contributed by atoms with Crippen LogP contribution in [0.1, 0.15) is 27.4 Å². The number of carbonyl (C=O) groups excluding carboxylic acids is 1. The highest BCUT2D eigenvalue weighted by Gasteiger charge is 2.36. The second kappa shape index (κ2) is 7.47. The number of aryl methyl sites for hydroxylation is 2. The molecule has 3 rings (SSSR count). The van der Waals surface area contributed by atoms with Crippen LogP contribution < -0.4 is 10.1 Å². The van der Waals surface area contributed by atoms with Gasteiger partial charge in [-0.05, 0) is 43.7 Å². The Kier molecular flexibility index (Phi) is 5.35. The van der Waals surface area contributed by atoms with E-state index in [0.29, 0.717) is 10.1 Å². The maximum Gasteiger partial charge on any atom is 0.433 e. The number of carbonyl (C=O) groups is 1. The van der Waals surface area contributed by atoms with Gasteiger partial charge < -0.3 is 10.1 Å². The molecule has 0 aliphatic carbocycles. The number of alkyl halides is 5. The molecule has 2 heterocycles. The highest BCUT2D eigenvalue weighted by Crippen LogP contribution is 2.32. The number of aromatic nitrogens is 3. The zero-order valence-electron chi connectivity index (χ0n) is 14.8. The molecule has 0 saturated carbocycles. The zero-order chi connectivity index (χ0) is 21.5. The first-order chi connectivity index (χ1) is 13.5. The van der Waals surface area contributed by atoms with Crippen LogP contribution in [0.3, 0.4) is 0 Å². The molecule has 12 heteroatoms. The Bertz CT molecular complexity index is 1100. The van der Waals surface area contributed by atoms with E-state index in [0.717, 1.165) is 6.07 Å². The largest absolute Gasteiger partial charge is 0.435 e. The molecular formula is C17H12ClF5N4O2. The monoisotopic (exact) mass is 434 g/mol. The minimum atomic E-state index is -4.74. The lowest BCUT2D eigenvalue weighted by molar-refractivity contribution is -0.142. The molecule has 0 radical (unpaired) electrons. The van der Waals surface area contributed by atoms with Crippen LogP contribution in [0.2, 0.25) is 5.02 Å². The van der Waals surface area contributed by atoms with Crippen LogP contribution in [0.15, 0.2) is 24.3 Å². The summed E-state index contributed by atoms with van der Waals surface area (Å²) in [6, 6.07) is 4.55. The molecule has 6 nitrogen and oxygen atoms in total. The van der Waals surface area contributed by atoms with E-state index in [1.165, 1.54) is 32.0 Å². The number of nitrogens with one attached hydrogen (secondary N) is 1. The Labute approximate surface area is 165 Å². The number of benzene rings is 1. The van der Waals surface area contributed by atoms with Crippen molar-refractivity contribution in [1.82, 2.24) is 14.6 Å². The van der Waals surface area contributed by atoms with E-state index in [2.05, 4.69) is 20.1 Å². The smallest absolute Gasteiger partial charge is 0.433 e. The summed E-state index contributed by atoms with van der Waals surface area (Å²) in [6.45, 7) is -0.137. The van der Waals surface area contributed by atoms with E-state index < -0.39 is 30.1 Å². The molecule has 0 atom stereocenters. The lowest BCUT2D eigenvalue weighted by atomic mass is 10.2. The third kappa shape index (κ3) is 4.24. The van der Waals surface area contributed by atoms with Gasteiger partial charge in [-0.15, -0.1) is 0 Å². The molecule has 154 valence electrons. The minimum absolute atomic E-state index is 0.0454. The van der Waals surface area contributed by atoms with Gasteiger partial charge in [-0.3, -0.25) is 4.79 Å². The fourth-order valence-electron chi connectivity index (χ4n) is 2.59. The quantitative estimate of drug-likeness (QED) is 0.595. The van der Waals surface area contributed by atoms with Crippen molar-refractivity contribution in [3.63, 3.8) is 0 Å². The van der Waals surface area contributed by atoms with Crippen LogP contribution in [0.5, 0.6) is 5.75 Å². The van der Waals surface area contributed by atoms with Gasteiger partial charge in [-0.2, -0.15) is 27.1 Å². The predicted molar refractivity (Wildman–Crippen MR) is 93.5 cm³/mol. The normalized spacial score (nSPS) is 11.9. The van der Waals surface area contributed by atoms with E-state index in [-0.39, 0.29) is 27.8 Å². The lowest BCUT2D eigenvalue weighted by Crippen LogP contribution is -2.16. The van der Waals surface area contributed by atoms with E-state index in [9.17, 15) is 26.7 Å². The summed E-state index contributed by atoms with van der Waals surface area (Å²) >= 11 is 6.06. The molecule has 3 aromatic rings. The fourth-order valence-corrected chi connectivity index (χ4v) is 2.84. The van der Waals surface area contributed by atoms with Crippen molar-refractivity contribution < 1.29 is 31.5 Å². The van der Waals surface area contributed by atoms with E-state index in [1.807, 2.05) is 0 Å². The number of anilines is 1. The molecule has 1 amide bonds. The van der Waals surface area contributed by atoms with Crippen LogP contribution >= 0.6 is 11.6 Å². The summed E-state index contributed by atoms with van der Waals surface area (Å²) < 4.78 is 69.1. The van der Waals surface area contributed by atoms with Crippen LogP contribution in [0.25, 0.3) is 5.65 Å². The number of fused-ring (bicyclic) bond motifs is 1. The molecule has 0 spiro atoms. The Morgan fingerprint density at radius 2 is 1.93 bits per heavy atom. The van der Waals surface area contributed by atoms with E-state index in [1.54, 1.807) is 0 Å². The van der Waals surface area contributed by atoms with Gasteiger partial charge in [0.1, 0.15) is 16.5 Å². The van der Waals surface area contributed by atoms with Crippen molar-refractivity contribution in [1.29, 1.82) is 0 Å². The number of rotatable bonds is 4. The topological polar surface area (TPSA) is 68.5 Å². The third-order valence-electron chi connectivity index (χ3n) is 3.84. The number of halogens is 6. The Morgan fingerprint density at radius 3 is 2.52 bits per heavy atom. The van der Waals surface area contributed by atoms with Gasteiger partial charge in [-0.25, -0.2) is 9.50 Å². The van der Waals surface area contributed by atoms with Crippen molar-refractivity contribution in [2.75, 3.05) is 5.32 Å². The highest BCUT2D eigenvalue weighted by atomic mass is 35.5. The standard InChI is InChI=1S/C17H12ClF5N4O2/c1-7-5-9(29-16(19)20)3-4-10(7)25-15(28)13-12(18)14-24-8(2)6-11(17(21,22)23)27(14)26-13/h3-6,16H,1-2H3,(H,25,28). The van der Waals surface area contributed by atoms with Crippen molar-refractivity contribution in [2.24, 2.45) is 0 Å². The molecule has 0 bridgehead atoms. The molecule has 0 aliphatic rings. The van der Waals surface area contributed by atoms with Crippen molar-refractivity contribution in [3.8, 4) is 5.75 Å². The molecule has 1 aromatic carbocycles. The SMILES string of the molecule is Cc1cc(C(F)(F)F)n2nc(C(=O)Nc3ccc(OC(F)F)cc3C)c(Cl)c2n1. The fraction of sp³-hybridized carbons (Fsp3) is 0.235. The summed E-state index contributed by atoms with van der Waals surface area (Å²) in [6.07, 6.45) is -4.74. The molecule has 29 heavy (non-hydrogen) atoms. The van der Waals surface area contributed by atoms with E-state index >= 15 is 0 Å². The first-order valence-electron chi connectivity index (χ1n) is 7.97. The summed E-state index contributed by atoms with van der Waals surface area (Å²) in [5.41, 5.74) is -1.29. The number of hydrogen-bond donors (Lipinski definition) is 1. The van der Waals surface area contributed by atoms with Crippen molar-refractivity contribution in [2.45, 2.75) is 26.6 Å². The average molecular weight is 435 g/mol. The van der Waals surface area contributed by atoms with E-state index in [4.69, 9.17) is 11.6 Å². The molecule has 0 unspecified atom stereocenters. The van der Waals surface area contributed by atoms with Gasteiger partial charge in [-0.1, -0.05) is 11.6 Å². The number of amides is 1. The first kappa shape index (κ1) is 20.8. The molecular weight excluding hydrogens is 423 g/mol.